The van der Waals surface area contributed by atoms with E-state index >= 15 is 0 Å². The number of benzene rings is 8. The molecule has 0 bridgehead atoms. The molecule has 0 saturated heterocycles. The second-order valence-corrected chi connectivity index (χ2v) is 20.4. The maximum atomic E-state index is 6.65. The minimum Gasteiger partial charge on any atom is -0.456 e. The minimum absolute atomic E-state index is 0.0417. The number of fused-ring (bicyclic) bond motifs is 17. The number of rotatable bonds is 1. The number of aromatic nitrogens is 1. The largest absolute Gasteiger partial charge is 0.456 e. The molecule has 0 atom stereocenters. The number of anilines is 2. The summed E-state index contributed by atoms with van der Waals surface area (Å²) in [6, 6.07) is 53.4. The second-order valence-electron chi connectivity index (χ2n) is 19.3. The molecule has 0 amide bonds. The van der Waals surface area contributed by atoms with Crippen molar-refractivity contribution in [3.8, 4) is 27.9 Å². The fourth-order valence-electron chi connectivity index (χ4n) is 11.7. The van der Waals surface area contributed by atoms with Crippen molar-refractivity contribution >= 4 is 104 Å². The molecule has 0 spiro atoms. The molecule has 8 aromatic carbocycles. The normalized spacial score (nSPS) is 14.8. The van der Waals surface area contributed by atoms with Crippen molar-refractivity contribution in [2.75, 3.05) is 4.81 Å². The molecule has 0 N–H and O–H groups in total. The number of aryl methyl sites for hydroxylation is 1. The van der Waals surface area contributed by atoms with Crippen LogP contribution in [-0.4, -0.2) is 11.4 Å². The summed E-state index contributed by atoms with van der Waals surface area (Å²) in [6.07, 6.45) is 0. The van der Waals surface area contributed by atoms with Crippen molar-refractivity contribution < 1.29 is 4.42 Å². The number of nitrogens with zero attached hydrogens (tertiary/aromatic N) is 2. The van der Waals surface area contributed by atoms with Gasteiger partial charge in [-0.2, -0.15) is 0 Å². The van der Waals surface area contributed by atoms with E-state index in [1.165, 1.54) is 120 Å². The van der Waals surface area contributed by atoms with Crippen molar-refractivity contribution in [3.63, 3.8) is 0 Å². The maximum absolute atomic E-state index is 6.65. The molecule has 11 aromatic rings. The minimum atomic E-state index is -0.152. The van der Waals surface area contributed by atoms with Crippen LogP contribution in [-0.2, 0) is 10.8 Å². The number of para-hydroxylation sites is 1. The maximum Gasteiger partial charge on any atom is 0.333 e. The topological polar surface area (TPSA) is 21.3 Å². The highest BCUT2D eigenvalue weighted by molar-refractivity contribution is 7.25. The van der Waals surface area contributed by atoms with Crippen LogP contribution in [0.3, 0.4) is 0 Å². The molecule has 0 fully saturated rings. The quantitative estimate of drug-likeness (QED) is 0.154. The smallest absolute Gasteiger partial charge is 0.333 e. The van der Waals surface area contributed by atoms with Gasteiger partial charge < -0.3 is 13.8 Å². The first-order valence-electron chi connectivity index (χ1n) is 21.6. The lowest BCUT2D eigenvalue weighted by Gasteiger charge is -2.42. The molecular weight excluding hydrogens is 760 g/mol. The van der Waals surface area contributed by atoms with Gasteiger partial charge in [0.25, 0.3) is 0 Å². The second kappa shape index (κ2) is 11.2. The molecule has 14 rings (SSSR count). The standard InChI is InChI=1S/C56H41BN2OS/c1-30-23-40-37-27-51-39(35-15-9-12-18-50(35)61-51)26-46(37)59(32-21-19-31(20-22-32)55(2,3)4)57-44-25-36-33-13-7-10-16-42(33)56(5,6)43(36)28-47(44)58-45-29-49-38(34-14-8-11-17-48(34)60-49)24-41(45)52(30)54(58)53(40)57/h7-29H,1-6H3. The van der Waals surface area contributed by atoms with E-state index < -0.39 is 0 Å². The van der Waals surface area contributed by atoms with Gasteiger partial charge in [0.05, 0.1) is 11.0 Å². The molecule has 0 saturated carbocycles. The van der Waals surface area contributed by atoms with Gasteiger partial charge in [-0.25, -0.2) is 0 Å². The van der Waals surface area contributed by atoms with Crippen LogP contribution in [0.25, 0.3) is 91.9 Å². The molecule has 3 aromatic heterocycles. The molecule has 5 heteroatoms. The first-order valence-corrected chi connectivity index (χ1v) is 22.4. The third-order valence-corrected chi connectivity index (χ3v) is 15.8. The number of hydrogen-bond donors (Lipinski definition) is 0. The Morgan fingerprint density at radius 1 is 0.590 bits per heavy atom. The van der Waals surface area contributed by atoms with Crippen molar-refractivity contribution in [3.05, 3.63) is 162 Å². The van der Waals surface area contributed by atoms with Crippen molar-refractivity contribution in [2.45, 2.75) is 52.4 Å². The highest BCUT2D eigenvalue weighted by Crippen LogP contribution is 2.53. The molecule has 1 aliphatic carbocycles. The van der Waals surface area contributed by atoms with Gasteiger partial charge in [0.2, 0.25) is 0 Å². The molecular formula is C56H41BN2OS. The van der Waals surface area contributed by atoms with Gasteiger partial charge in [-0.05, 0) is 111 Å². The summed E-state index contributed by atoms with van der Waals surface area (Å²) in [5, 5.41) is 7.57. The fraction of sp³-hybridized carbons (Fsp3) is 0.143. The summed E-state index contributed by atoms with van der Waals surface area (Å²) in [6.45, 7) is 14.0. The first-order chi connectivity index (χ1) is 29.5. The Balaban J connectivity index is 1.18. The third-order valence-electron chi connectivity index (χ3n) is 14.6. The monoisotopic (exact) mass is 800 g/mol. The summed E-state index contributed by atoms with van der Waals surface area (Å²) < 4.78 is 11.9. The Kier molecular flexibility index (Phi) is 6.29. The van der Waals surface area contributed by atoms with Crippen LogP contribution in [0, 0.1) is 6.92 Å². The predicted octanol–water partition coefficient (Wildman–Crippen LogP) is 14.2. The molecule has 2 aliphatic heterocycles. The van der Waals surface area contributed by atoms with Crippen molar-refractivity contribution in [1.82, 2.24) is 4.57 Å². The number of hydrogen-bond acceptors (Lipinski definition) is 3. The van der Waals surface area contributed by atoms with Gasteiger partial charge in [-0.1, -0.05) is 120 Å². The van der Waals surface area contributed by atoms with Crippen LogP contribution in [0.1, 0.15) is 56.9 Å². The van der Waals surface area contributed by atoms with Crippen molar-refractivity contribution in [2.24, 2.45) is 0 Å². The molecule has 61 heavy (non-hydrogen) atoms. The van der Waals surface area contributed by atoms with E-state index in [-0.39, 0.29) is 17.7 Å². The molecule has 3 aliphatic rings. The first kappa shape index (κ1) is 34.2. The molecule has 0 unspecified atom stereocenters. The highest BCUT2D eigenvalue weighted by atomic mass is 32.1. The van der Waals surface area contributed by atoms with Crippen molar-refractivity contribution in [1.29, 1.82) is 0 Å². The lowest BCUT2D eigenvalue weighted by Crippen LogP contribution is -2.60. The van der Waals surface area contributed by atoms with Crippen LogP contribution < -0.4 is 15.7 Å². The summed E-state index contributed by atoms with van der Waals surface area (Å²) in [5.74, 6) is 0. The Morgan fingerprint density at radius 2 is 1.36 bits per heavy atom. The van der Waals surface area contributed by atoms with Gasteiger partial charge in [0, 0.05) is 75.8 Å². The highest BCUT2D eigenvalue weighted by Gasteiger charge is 2.47. The van der Waals surface area contributed by atoms with E-state index in [9.17, 15) is 0 Å². The van der Waals surface area contributed by atoms with E-state index in [4.69, 9.17) is 4.42 Å². The Labute approximate surface area is 358 Å². The average molecular weight is 801 g/mol. The zero-order chi connectivity index (χ0) is 40.8. The van der Waals surface area contributed by atoms with Crippen LogP contribution >= 0.6 is 11.3 Å². The van der Waals surface area contributed by atoms with E-state index in [0.717, 1.165) is 16.6 Å². The van der Waals surface area contributed by atoms with E-state index in [0.29, 0.717) is 0 Å². The van der Waals surface area contributed by atoms with Gasteiger partial charge in [0.1, 0.15) is 11.2 Å². The number of thiophene rings is 1. The average Bonchev–Trinajstić information content (AvgIpc) is 3.98. The molecule has 3 nitrogen and oxygen atoms in total. The van der Waals surface area contributed by atoms with Crippen LogP contribution in [0.2, 0.25) is 0 Å². The van der Waals surface area contributed by atoms with Crippen LogP contribution in [0.4, 0.5) is 11.4 Å². The summed E-state index contributed by atoms with van der Waals surface area (Å²) in [4.78, 5) is 2.70. The lowest BCUT2D eigenvalue weighted by molar-refractivity contribution is 0.590. The molecule has 5 heterocycles. The van der Waals surface area contributed by atoms with Crippen LogP contribution in [0.5, 0.6) is 0 Å². The Bertz CT molecular complexity index is 3800. The summed E-state index contributed by atoms with van der Waals surface area (Å²) >= 11 is 1.90. The Morgan fingerprint density at radius 3 is 2.20 bits per heavy atom. The van der Waals surface area contributed by atoms with Gasteiger partial charge in [-0.3, -0.25) is 0 Å². The van der Waals surface area contributed by atoms with Crippen LogP contribution in [0.15, 0.2) is 144 Å². The summed E-state index contributed by atoms with van der Waals surface area (Å²) in [7, 11) is 0. The molecule has 290 valence electrons. The number of furan rings is 1. The third kappa shape index (κ3) is 4.25. The SMILES string of the molecule is Cc1cc2c3c4c1c1cc5c(cc1n4-c1cc4c(cc1B3N(c1ccc(C(C)(C)C)cc1)c1cc3c(cc1-2)sc1ccccc13)-c1ccccc1C4(C)C)oc1ccccc15. The van der Waals surface area contributed by atoms with E-state index in [2.05, 4.69) is 190 Å². The molecule has 0 radical (unpaired) electrons. The van der Waals surface area contributed by atoms with E-state index in [1.807, 2.05) is 11.3 Å². The van der Waals surface area contributed by atoms with Gasteiger partial charge in [-0.15, -0.1) is 11.3 Å². The zero-order valence-corrected chi connectivity index (χ0v) is 35.9. The van der Waals surface area contributed by atoms with Gasteiger partial charge >= 0.3 is 6.85 Å². The summed E-state index contributed by atoms with van der Waals surface area (Å²) in [5.41, 5.74) is 21.4. The van der Waals surface area contributed by atoms with E-state index in [1.54, 1.807) is 0 Å². The Hall–Kier alpha value is -6.56. The lowest BCUT2D eigenvalue weighted by atomic mass is 9.43. The fourth-order valence-corrected chi connectivity index (χ4v) is 12.8. The predicted molar refractivity (Wildman–Crippen MR) is 261 cm³/mol. The van der Waals surface area contributed by atoms with Gasteiger partial charge in [0.15, 0.2) is 0 Å². The zero-order valence-electron chi connectivity index (χ0n) is 35.1.